The number of rotatable bonds is 5. The summed E-state index contributed by atoms with van der Waals surface area (Å²) in [5.41, 5.74) is 2.63. The molecule has 174 valence electrons. The molecular weight excluding hydrogens is 515 g/mol. The van der Waals surface area contributed by atoms with Crippen molar-refractivity contribution in [1.82, 2.24) is 20.1 Å². The van der Waals surface area contributed by atoms with Crippen LogP contribution < -0.4 is 10.2 Å². The zero-order valence-electron chi connectivity index (χ0n) is 19.1. The molecular formula is C24H35IN6O. The summed E-state index contributed by atoms with van der Waals surface area (Å²) in [6, 6.07) is 15.3. The van der Waals surface area contributed by atoms with Gasteiger partial charge in [0.1, 0.15) is 5.82 Å². The quantitative estimate of drug-likeness (QED) is 0.351. The zero-order chi connectivity index (χ0) is 21.5. The number of pyridine rings is 1. The number of aliphatic imine (C=N–C) groups is 1. The van der Waals surface area contributed by atoms with Gasteiger partial charge in [-0.05, 0) is 24.6 Å². The molecule has 2 aliphatic heterocycles. The second-order valence-corrected chi connectivity index (χ2v) is 8.16. The Morgan fingerprint density at radius 3 is 2.38 bits per heavy atom. The first-order valence-electron chi connectivity index (χ1n) is 11.2. The third-order valence-electron chi connectivity index (χ3n) is 6.17. The van der Waals surface area contributed by atoms with Gasteiger partial charge in [0.15, 0.2) is 5.96 Å². The molecule has 1 aromatic heterocycles. The highest BCUT2D eigenvalue weighted by Gasteiger charge is 2.25. The second-order valence-electron chi connectivity index (χ2n) is 8.16. The van der Waals surface area contributed by atoms with Gasteiger partial charge in [0.25, 0.3) is 0 Å². The SMILES string of the molecule is CN=C(NCC(c1ccc(C)cc1)N1CCOCC1)N1CCN(c2ccccn2)CC1.I. The first kappa shape index (κ1) is 24.7. The molecule has 1 aromatic carbocycles. The molecule has 1 N–H and O–H groups in total. The molecule has 0 spiro atoms. The van der Waals surface area contributed by atoms with Crippen molar-refractivity contribution in [1.29, 1.82) is 0 Å². The number of nitrogens with one attached hydrogen (secondary N) is 1. The Bertz CT molecular complexity index is 833. The van der Waals surface area contributed by atoms with E-state index in [1.807, 2.05) is 25.4 Å². The van der Waals surface area contributed by atoms with E-state index in [2.05, 4.69) is 67.2 Å². The predicted octanol–water partition coefficient (Wildman–Crippen LogP) is 2.78. The van der Waals surface area contributed by atoms with Crippen LogP contribution in [0.15, 0.2) is 53.7 Å². The van der Waals surface area contributed by atoms with Crippen LogP contribution in [0.2, 0.25) is 0 Å². The summed E-state index contributed by atoms with van der Waals surface area (Å²) in [4.78, 5) is 16.3. The number of anilines is 1. The highest BCUT2D eigenvalue weighted by atomic mass is 127. The molecule has 1 unspecified atom stereocenters. The maximum atomic E-state index is 5.59. The van der Waals surface area contributed by atoms with Gasteiger partial charge >= 0.3 is 0 Å². The zero-order valence-corrected chi connectivity index (χ0v) is 21.4. The normalized spacial score (nSPS) is 18.8. The lowest BCUT2D eigenvalue weighted by molar-refractivity contribution is 0.0169. The fraction of sp³-hybridized carbons (Fsp3) is 0.500. The van der Waals surface area contributed by atoms with E-state index in [1.165, 1.54) is 11.1 Å². The Balaban J connectivity index is 0.00000289. The van der Waals surface area contributed by atoms with Crippen LogP contribution in [0.3, 0.4) is 0 Å². The van der Waals surface area contributed by atoms with Crippen LogP contribution in [-0.4, -0.2) is 86.8 Å². The highest BCUT2D eigenvalue weighted by molar-refractivity contribution is 14.0. The van der Waals surface area contributed by atoms with Gasteiger partial charge < -0.3 is 19.9 Å². The lowest BCUT2D eigenvalue weighted by Crippen LogP contribution is -2.54. The number of benzene rings is 1. The smallest absolute Gasteiger partial charge is 0.193 e. The molecule has 4 rings (SSSR count). The van der Waals surface area contributed by atoms with E-state index in [4.69, 9.17) is 4.74 Å². The maximum absolute atomic E-state index is 5.59. The summed E-state index contributed by atoms with van der Waals surface area (Å²) in [7, 11) is 1.88. The third kappa shape index (κ3) is 6.32. The molecule has 0 aliphatic carbocycles. The number of morpholine rings is 1. The Labute approximate surface area is 208 Å². The van der Waals surface area contributed by atoms with Gasteiger partial charge in [-0.3, -0.25) is 9.89 Å². The number of nitrogens with zero attached hydrogens (tertiary/aromatic N) is 5. The molecule has 0 bridgehead atoms. The molecule has 32 heavy (non-hydrogen) atoms. The predicted molar refractivity (Wildman–Crippen MR) is 141 cm³/mol. The number of aryl methyl sites for hydroxylation is 1. The van der Waals surface area contributed by atoms with Crippen LogP contribution in [0.25, 0.3) is 0 Å². The number of guanidine groups is 1. The number of piperazine rings is 1. The minimum atomic E-state index is 0. The molecule has 8 heteroatoms. The number of ether oxygens (including phenoxy) is 1. The molecule has 2 aliphatic rings. The largest absolute Gasteiger partial charge is 0.379 e. The fourth-order valence-corrected chi connectivity index (χ4v) is 4.34. The van der Waals surface area contributed by atoms with Crippen molar-refractivity contribution in [2.45, 2.75) is 13.0 Å². The number of hydrogen-bond acceptors (Lipinski definition) is 5. The van der Waals surface area contributed by atoms with E-state index >= 15 is 0 Å². The Morgan fingerprint density at radius 2 is 1.75 bits per heavy atom. The minimum absolute atomic E-state index is 0. The maximum Gasteiger partial charge on any atom is 0.193 e. The summed E-state index contributed by atoms with van der Waals surface area (Å²) in [6.07, 6.45) is 1.86. The lowest BCUT2D eigenvalue weighted by Gasteiger charge is -2.39. The van der Waals surface area contributed by atoms with Gasteiger partial charge in [-0.25, -0.2) is 4.98 Å². The van der Waals surface area contributed by atoms with Crippen molar-refractivity contribution >= 4 is 35.8 Å². The first-order chi connectivity index (χ1) is 15.2. The van der Waals surface area contributed by atoms with Crippen molar-refractivity contribution < 1.29 is 4.74 Å². The first-order valence-corrected chi connectivity index (χ1v) is 11.2. The molecule has 2 saturated heterocycles. The van der Waals surface area contributed by atoms with Crippen molar-refractivity contribution in [3.05, 3.63) is 59.8 Å². The van der Waals surface area contributed by atoms with E-state index < -0.39 is 0 Å². The second kappa shape index (κ2) is 12.4. The van der Waals surface area contributed by atoms with Gasteiger partial charge in [-0.2, -0.15) is 0 Å². The highest BCUT2D eigenvalue weighted by Crippen LogP contribution is 2.22. The number of hydrogen-bond donors (Lipinski definition) is 1. The Kier molecular flexibility index (Phi) is 9.55. The van der Waals surface area contributed by atoms with E-state index in [-0.39, 0.29) is 24.0 Å². The van der Waals surface area contributed by atoms with Crippen LogP contribution in [0.5, 0.6) is 0 Å². The third-order valence-corrected chi connectivity index (χ3v) is 6.17. The van der Waals surface area contributed by atoms with Gasteiger partial charge in [-0.15, -0.1) is 24.0 Å². The minimum Gasteiger partial charge on any atom is -0.379 e. The summed E-state index contributed by atoms with van der Waals surface area (Å²) in [5.74, 6) is 2.03. The van der Waals surface area contributed by atoms with Crippen LogP contribution in [0.4, 0.5) is 5.82 Å². The molecule has 0 radical (unpaired) electrons. The molecule has 2 aromatic rings. The van der Waals surface area contributed by atoms with Gasteiger partial charge in [-0.1, -0.05) is 35.9 Å². The van der Waals surface area contributed by atoms with Gasteiger partial charge in [0.2, 0.25) is 0 Å². The van der Waals surface area contributed by atoms with Crippen molar-refractivity contribution in [3.63, 3.8) is 0 Å². The number of aromatic nitrogens is 1. The molecule has 3 heterocycles. The van der Waals surface area contributed by atoms with Crippen molar-refractivity contribution in [2.24, 2.45) is 4.99 Å². The van der Waals surface area contributed by atoms with Crippen LogP contribution in [-0.2, 0) is 4.74 Å². The van der Waals surface area contributed by atoms with Crippen molar-refractivity contribution in [2.75, 3.05) is 71.0 Å². The van der Waals surface area contributed by atoms with E-state index in [1.54, 1.807) is 0 Å². The topological polar surface area (TPSA) is 56.2 Å². The summed E-state index contributed by atoms with van der Waals surface area (Å²) < 4.78 is 5.59. The van der Waals surface area contributed by atoms with E-state index in [0.29, 0.717) is 6.04 Å². The Morgan fingerprint density at radius 1 is 1.03 bits per heavy atom. The molecule has 0 amide bonds. The lowest BCUT2D eigenvalue weighted by atomic mass is 10.0. The molecule has 2 fully saturated rings. The summed E-state index contributed by atoms with van der Waals surface area (Å²) in [6.45, 7) is 10.2. The monoisotopic (exact) mass is 550 g/mol. The van der Waals surface area contributed by atoms with Crippen molar-refractivity contribution in [3.8, 4) is 0 Å². The average molecular weight is 550 g/mol. The molecule has 7 nitrogen and oxygen atoms in total. The number of halogens is 1. The van der Waals surface area contributed by atoms with Gasteiger partial charge in [0, 0.05) is 59.1 Å². The fourth-order valence-electron chi connectivity index (χ4n) is 4.34. The standard InChI is InChI=1S/C24H34N6O.HI/c1-20-6-8-21(9-7-20)22(28-15-17-31-18-16-28)19-27-24(25-2)30-13-11-29(12-14-30)23-5-3-4-10-26-23;/h3-10,22H,11-19H2,1-2H3,(H,25,27);1H. The van der Waals surface area contributed by atoms with Crippen LogP contribution in [0, 0.1) is 6.92 Å². The van der Waals surface area contributed by atoms with E-state index in [9.17, 15) is 0 Å². The van der Waals surface area contributed by atoms with E-state index in [0.717, 1.165) is 70.8 Å². The Hall–Kier alpha value is -1.91. The van der Waals surface area contributed by atoms with Crippen LogP contribution in [0.1, 0.15) is 17.2 Å². The summed E-state index contributed by atoms with van der Waals surface area (Å²) in [5, 5.41) is 3.66. The van der Waals surface area contributed by atoms with Crippen LogP contribution >= 0.6 is 24.0 Å². The average Bonchev–Trinajstić information content (AvgIpc) is 2.84. The summed E-state index contributed by atoms with van der Waals surface area (Å²) >= 11 is 0. The molecule has 0 saturated carbocycles. The molecule has 1 atom stereocenters. The van der Waals surface area contributed by atoms with Gasteiger partial charge in [0.05, 0.1) is 19.3 Å².